The van der Waals surface area contributed by atoms with Gasteiger partial charge < -0.3 is 10.2 Å². The topological polar surface area (TPSA) is 49.4 Å². The first-order chi connectivity index (χ1) is 13.3. The summed E-state index contributed by atoms with van der Waals surface area (Å²) < 4.78 is 13.1. The van der Waals surface area contributed by atoms with Crippen LogP contribution in [-0.4, -0.2) is 35.8 Å². The van der Waals surface area contributed by atoms with Crippen molar-refractivity contribution in [2.45, 2.75) is 58.9 Å². The minimum Gasteiger partial charge on any atom is -0.353 e. The fourth-order valence-electron chi connectivity index (χ4n) is 4.82. The van der Waals surface area contributed by atoms with E-state index in [2.05, 4.69) is 26.1 Å². The highest BCUT2D eigenvalue weighted by Crippen LogP contribution is 2.34. The van der Waals surface area contributed by atoms with Gasteiger partial charge in [0.05, 0.1) is 5.92 Å². The third-order valence-electron chi connectivity index (χ3n) is 6.52. The molecule has 28 heavy (non-hydrogen) atoms. The Balaban J connectivity index is 1.62. The molecule has 4 atom stereocenters. The lowest BCUT2D eigenvalue weighted by Gasteiger charge is -2.39. The van der Waals surface area contributed by atoms with E-state index >= 15 is 0 Å². The molecular formula is C23H33FN2O2. The highest BCUT2D eigenvalue weighted by atomic mass is 19.1. The van der Waals surface area contributed by atoms with E-state index in [1.807, 2.05) is 0 Å². The van der Waals surface area contributed by atoms with Gasteiger partial charge in [-0.2, -0.15) is 0 Å². The summed E-state index contributed by atoms with van der Waals surface area (Å²) in [6, 6.07) is 5.87. The molecule has 1 heterocycles. The number of piperidine rings is 1. The number of nitrogens with zero attached hydrogens (tertiary/aromatic N) is 1. The number of hydrogen-bond acceptors (Lipinski definition) is 2. The molecular weight excluding hydrogens is 355 g/mol. The van der Waals surface area contributed by atoms with Crippen LogP contribution in [0.5, 0.6) is 0 Å². The van der Waals surface area contributed by atoms with Gasteiger partial charge >= 0.3 is 0 Å². The summed E-state index contributed by atoms with van der Waals surface area (Å²) in [6.07, 6.45) is 5.08. The van der Waals surface area contributed by atoms with E-state index in [-0.39, 0.29) is 29.6 Å². The van der Waals surface area contributed by atoms with Crippen molar-refractivity contribution in [3.63, 3.8) is 0 Å². The maximum Gasteiger partial charge on any atom is 0.253 e. The van der Waals surface area contributed by atoms with Crippen LogP contribution in [-0.2, 0) is 4.79 Å². The molecule has 2 amide bonds. The van der Waals surface area contributed by atoms with E-state index in [0.29, 0.717) is 36.4 Å². The second kappa shape index (κ2) is 9.06. The second-order valence-corrected chi connectivity index (χ2v) is 9.04. The molecule has 4 unspecified atom stereocenters. The summed E-state index contributed by atoms with van der Waals surface area (Å²) >= 11 is 0. The van der Waals surface area contributed by atoms with Crippen LogP contribution in [0.1, 0.15) is 63.2 Å². The van der Waals surface area contributed by atoms with Gasteiger partial charge in [0, 0.05) is 24.7 Å². The number of halogens is 1. The van der Waals surface area contributed by atoms with Crippen LogP contribution in [0.25, 0.3) is 0 Å². The van der Waals surface area contributed by atoms with E-state index < -0.39 is 0 Å². The molecule has 0 spiro atoms. The van der Waals surface area contributed by atoms with Crippen molar-refractivity contribution in [3.8, 4) is 0 Å². The molecule has 5 heteroatoms. The number of carbonyl (C=O) groups is 2. The summed E-state index contributed by atoms with van der Waals surface area (Å²) in [7, 11) is 0. The van der Waals surface area contributed by atoms with Crippen LogP contribution in [0.3, 0.4) is 0 Å². The first-order valence-corrected chi connectivity index (χ1v) is 10.7. The van der Waals surface area contributed by atoms with Gasteiger partial charge in [0.1, 0.15) is 5.82 Å². The van der Waals surface area contributed by atoms with E-state index in [0.717, 1.165) is 19.3 Å². The standard InChI is InChI=1S/C23H33FN2O2/c1-15(2)20-11-6-16(3)13-21(20)25-22(27)18-5-4-12-26(14-18)23(28)17-7-9-19(24)10-8-17/h7-10,15-16,18,20-21H,4-6,11-14H2,1-3H3,(H,25,27). The smallest absolute Gasteiger partial charge is 0.253 e. The van der Waals surface area contributed by atoms with Crippen LogP contribution in [0.2, 0.25) is 0 Å². The van der Waals surface area contributed by atoms with Crippen molar-refractivity contribution in [2.75, 3.05) is 13.1 Å². The molecule has 1 aliphatic heterocycles. The third kappa shape index (κ3) is 4.92. The zero-order valence-corrected chi connectivity index (χ0v) is 17.3. The van der Waals surface area contributed by atoms with Crippen LogP contribution in [0.4, 0.5) is 4.39 Å². The summed E-state index contributed by atoms with van der Waals surface area (Å²) in [4.78, 5) is 27.5. The SMILES string of the molecule is CC1CCC(C(C)C)C(NC(=O)C2CCCN(C(=O)c3ccc(F)cc3)C2)C1. The molecule has 1 aromatic carbocycles. The Kier molecular flexibility index (Phi) is 6.73. The first-order valence-electron chi connectivity index (χ1n) is 10.7. The summed E-state index contributed by atoms with van der Waals surface area (Å²) in [5.41, 5.74) is 0.475. The highest BCUT2D eigenvalue weighted by Gasteiger charge is 2.35. The molecule has 0 radical (unpaired) electrons. The second-order valence-electron chi connectivity index (χ2n) is 9.04. The summed E-state index contributed by atoms with van der Waals surface area (Å²) in [5, 5.41) is 3.33. The number of hydrogen-bond donors (Lipinski definition) is 1. The van der Waals surface area contributed by atoms with E-state index in [1.54, 1.807) is 4.90 Å². The molecule has 0 aromatic heterocycles. The van der Waals surface area contributed by atoms with Gasteiger partial charge in [0.25, 0.3) is 5.91 Å². The maximum atomic E-state index is 13.1. The zero-order valence-electron chi connectivity index (χ0n) is 17.3. The largest absolute Gasteiger partial charge is 0.353 e. The number of likely N-dealkylation sites (tertiary alicyclic amines) is 1. The Morgan fingerprint density at radius 3 is 2.54 bits per heavy atom. The molecule has 3 rings (SSSR count). The van der Waals surface area contributed by atoms with Crippen LogP contribution < -0.4 is 5.32 Å². The molecule has 1 aromatic rings. The molecule has 1 saturated heterocycles. The normalized spacial score (nSPS) is 28.2. The number of nitrogens with one attached hydrogen (secondary N) is 1. The number of carbonyl (C=O) groups excluding carboxylic acids is 2. The lowest BCUT2D eigenvalue weighted by atomic mass is 9.74. The third-order valence-corrected chi connectivity index (χ3v) is 6.52. The Labute approximate surface area is 167 Å². The van der Waals surface area contributed by atoms with Crippen molar-refractivity contribution in [1.82, 2.24) is 10.2 Å². The first kappa shape index (κ1) is 20.8. The maximum absolute atomic E-state index is 13.1. The van der Waals surface area contributed by atoms with Crippen LogP contribution >= 0.6 is 0 Å². The molecule has 0 bridgehead atoms. The molecule has 1 saturated carbocycles. The van der Waals surface area contributed by atoms with Crippen molar-refractivity contribution < 1.29 is 14.0 Å². The molecule has 4 nitrogen and oxygen atoms in total. The number of amides is 2. The van der Waals surface area contributed by atoms with Gasteiger partial charge in [0.15, 0.2) is 0 Å². The Morgan fingerprint density at radius 1 is 1.14 bits per heavy atom. The monoisotopic (exact) mass is 388 g/mol. The molecule has 1 N–H and O–H groups in total. The number of rotatable bonds is 4. The van der Waals surface area contributed by atoms with Crippen LogP contribution in [0, 0.1) is 29.5 Å². The lowest BCUT2D eigenvalue weighted by molar-refractivity contribution is -0.128. The van der Waals surface area contributed by atoms with E-state index in [1.165, 1.54) is 37.1 Å². The fraction of sp³-hybridized carbons (Fsp3) is 0.652. The van der Waals surface area contributed by atoms with Crippen molar-refractivity contribution >= 4 is 11.8 Å². The van der Waals surface area contributed by atoms with Crippen molar-refractivity contribution in [2.24, 2.45) is 23.7 Å². The van der Waals surface area contributed by atoms with E-state index in [9.17, 15) is 14.0 Å². The minimum atomic E-state index is -0.353. The van der Waals surface area contributed by atoms with Gasteiger partial charge in [-0.3, -0.25) is 9.59 Å². The average molecular weight is 389 g/mol. The van der Waals surface area contributed by atoms with E-state index in [4.69, 9.17) is 0 Å². The Hall–Kier alpha value is -1.91. The van der Waals surface area contributed by atoms with Gasteiger partial charge in [-0.1, -0.05) is 27.2 Å². The van der Waals surface area contributed by atoms with Gasteiger partial charge in [-0.25, -0.2) is 4.39 Å². The molecule has 1 aliphatic carbocycles. The highest BCUT2D eigenvalue weighted by molar-refractivity contribution is 5.94. The van der Waals surface area contributed by atoms with Gasteiger partial charge in [0.2, 0.25) is 5.91 Å². The number of benzene rings is 1. The molecule has 2 fully saturated rings. The average Bonchev–Trinajstić information content (AvgIpc) is 2.68. The quantitative estimate of drug-likeness (QED) is 0.838. The summed E-state index contributed by atoms with van der Waals surface area (Å²) in [5.74, 6) is 1.17. The van der Waals surface area contributed by atoms with Gasteiger partial charge in [-0.15, -0.1) is 0 Å². The lowest BCUT2D eigenvalue weighted by Crippen LogP contribution is -2.51. The predicted octanol–water partition coefficient (Wildman–Crippen LogP) is 4.25. The predicted molar refractivity (Wildman–Crippen MR) is 108 cm³/mol. The van der Waals surface area contributed by atoms with Crippen molar-refractivity contribution in [3.05, 3.63) is 35.6 Å². The molecule has 2 aliphatic rings. The fourth-order valence-corrected chi connectivity index (χ4v) is 4.82. The Morgan fingerprint density at radius 2 is 1.86 bits per heavy atom. The Bertz CT molecular complexity index is 688. The van der Waals surface area contributed by atoms with Crippen LogP contribution in [0.15, 0.2) is 24.3 Å². The molecule has 154 valence electrons. The van der Waals surface area contributed by atoms with Gasteiger partial charge in [-0.05, 0) is 67.7 Å². The summed E-state index contributed by atoms with van der Waals surface area (Å²) in [6.45, 7) is 7.83. The zero-order chi connectivity index (χ0) is 20.3. The van der Waals surface area contributed by atoms with Crippen molar-refractivity contribution in [1.29, 1.82) is 0 Å². The minimum absolute atomic E-state index is 0.0846.